The van der Waals surface area contributed by atoms with Crippen molar-refractivity contribution in [1.29, 1.82) is 0 Å². The maximum Gasteiger partial charge on any atom is 0.0360 e. The van der Waals surface area contributed by atoms with Gasteiger partial charge >= 0.3 is 0 Å². The van der Waals surface area contributed by atoms with E-state index in [2.05, 4.69) is 85.3 Å². The Morgan fingerprint density at radius 1 is 1.00 bits per heavy atom. The lowest BCUT2D eigenvalue weighted by molar-refractivity contribution is 0.547. The van der Waals surface area contributed by atoms with Crippen LogP contribution in [0.25, 0.3) is 0 Å². The molecule has 0 aliphatic rings. The number of nitrogens with one attached hydrogen (secondary N) is 1. The van der Waals surface area contributed by atoms with Gasteiger partial charge in [-0.2, -0.15) is 0 Å². The number of rotatable bonds is 5. The minimum atomic E-state index is 0.364. The molecule has 0 aromatic heterocycles. The van der Waals surface area contributed by atoms with Crippen LogP contribution in [0.5, 0.6) is 0 Å². The third kappa shape index (κ3) is 4.18. The van der Waals surface area contributed by atoms with Gasteiger partial charge in [-0.15, -0.1) is 0 Å². The SMILES string of the molecule is CCNC(Cc1c(C)cc(C)cc1C)c1ccc(Br)cc1. The van der Waals surface area contributed by atoms with Crippen LogP contribution < -0.4 is 5.32 Å². The van der Waals surface area contributed by atoms with Gasteiger partial charge in [0.2, 0.25) is 0 Å². The van der Waals surface area contributed by atoms with Crippen LogP contribution in [0.4, 0.5) is 0 Å². The molecule has 0 aliphatic heterocycles. The first-order chi connectivity index (χ1) is 10.0. The van der Waals surface area contributed by atoms with E-state index in [1.165, 1.54) is 27.8 Å². The molecule has 0 saturated heterocycles. The fraction of sp³-hybridized carbons (Fsp3) is 0.368. The molecule has 0 heterocycles. The molecule has 2 rings (SSSR count). The van der Waals surface area contributed by atoms with Crippen molar-refractivity contribution in [3.05, 3.63) is 68.7 Å². The maximum absolute atomic E-state index is 3.62. The molecule has 21 heavy (non-hydrogen) atoms. The molecule has 0 aliphatic carbocycles. The van der Waals surface area contributed by atoms with E-state index in [0.717, 1.165) is 17.4 Å². The molecule has 1 unspecified atom stereocenters. The lowest BCUT2D eigenvalue weighted by Gasteiger charge is -2.21. The second-order valence-corrected chi connectivity index (χ2v) is 6.66. The zero-order valence-electron chi connectivity index (χ0n) is 13.3. The molecule has 0 saturated carbocycles. The van der Waals surface area contributed by atoms with Crippen molar-refractivity contribution >= 4 is 15.9 Å². The Kier molecular flexibility index (Phi) is 5.60. The fourth-order valence-corrected chi connectivity index (χ4v) is 3.25. The van der Waals surface area contributed by atoms with Gasteiger partial charge in [0.15, 0.2) is 0 Å². The number of halogens is 1. The van der Waals surface area contributed by atoms with Crippen molar-refractivity contribution in [2.45, 2.75) is 40.2 Å². The molecule has 2 aromatic carbocycles. The Labute approximate surface area is 136 Å². The summed E-state index contributed by atoms with van der Waals surface area (Å²) in [7, 11) is 0. The summed E-state index contributed by atoms with van der Waals surface area (Å²) in [5.74, 6) is 0. The third-order valence-corrected chi connectivity index (χ3v) is 4.50. The summed E-state index contributed by atoms with van der Waals surface area (Å²) in [5, 5.41) is 3.62. The minimum Gasteiger partial charge on any atom is -0.310 e. The van der Waals surface area contributed by atoms with Crippen molar-refractivity contribution in [2.24, 2.45) is 0 Å². The number of likely N-dealkylation sites (N-methyl/N-ethyl adjacent to an activating group) is 1. The van der Waals surface area contributed by atoms with Crippen molar-refractivity contribution in [1.82, 2.24) is 5.32 Å². The second kappa shape index (κ2) is 7.24. The highest BCUT2D eigenvalue weighted by Crippen LogP contribution is 2.25. The maximum atomic E-state index is 3.62. The van der Waals surface area contributed by atoms with Crippen LogP contribution in [0.3, 0.4) is 0 Å². The van der Waals surface area contributed by atoms with Crippen LogP contribution in [-0.4, -0.2) is 6.54 Å². The smallest absolute Gasteiger partial charge is 0.0360 e. The third-order valence-electron chi connectivity index (χ3n) is 3.97. The molecule has 2 aromatic rings. The minimum absolute atomic E-state index is 0.364. The number of aryl methyl sites for hydroxylation is 3. The molecule has 0 radical (unpaired) electrons. The van der Waals surface area contributed by atoms with E-state index in [-0.39, 0.29) is 0 Å². The number of hydrogen-bond donors (Lipinski definition) is 1. The zero-order valence-corrected chi connectivity index (χ0v) is 14.9. The van der Waals surface area contributed by atoms with Crippen LogP contribution in [0, 0.1) is 20.8 Å². The van der Waals surface area contributed by atoms with Crippen LogP contribution >= 0.6 is 15.9 Å². The molecule has 0 amide bonds. The van der Waals surface area contributed by atoms with Crippen molar-refractivity contribution in [3.8, 4) is 0 Å². The van der Waals surface area contributed by atoms with E-state index < -0.39 is 0 Å². The summed E-state index contributed by atoms with van der Waals surface area (Å²) in [6, 6.07) is 13.6. The molecule has 0 bridgehead atoms. The second-order valence-electron chi connectivity index (χ2n) is 5.74. The van der Waals surface area contributed by atoms with Gasteiger partial charge in [-0.1, -0.05) is 52.7 Å². The van der Waals surface area contributed by atoms with E-state index >= 15 is 0 Å². The zero-order chi connectivity index (χ0) is 15.4. The normalized spacial score (nSPS) is 12.4. The molecule has 1 N–H and O–H groups in total. The molecule has 112 valence electrons. The summed E-state index contributed by atoms with van der Waals surface area (Å²) in [6.07, 6.45) is 1.04. The quantitative estimate of drug-likeness (QED) is 0.778. The van der Waals surface area contributed by atoms with E-state index in [0.29, 0.717) is 6.04 Å². The Morgan fingerprint density at radius 2 is 1.57 bits per heavy atom. The Bertz CT molecular complexity index is 578. The van der Waals surface area contributed by atoms with E-state index in [4.69, 9.17) is 0 Å². The van der Waals surface area contributed by atoms with Gasteiger partial charge in [-0.3, -0.25) is 0 Å². The molecule has 1 nitrogen and oxygen atoms in total. The highest BCUT2D eigenvalue weighted by molar-refractivity contribution is 9.10. The predicted octanol–water partition coefficient (Wildman–Crippen LogP) is 5.27. The van der Waals surface area contributed by atoms with E-state index in [1.54, 1.807) is 0 Å². The highest BCUT2D eigenvalue weighted by atomic mass is 79.9. The van der Waals surface area contributed by atoms with Gasteiger partial charge < -0.3 is 5.32 Å². The average Bonchev–Trinajstić information content (AvgIpc) is 2.42. The largest absolute Gasteiger partial charge is 0.310 e. The van der Waals surface area contributed by atoms with Crippen molar-refractivity contribution in [3.63, 3.8) is 0 Å². The Balaban J connectivity index is 2.30. The van der Waals surface area contributed by atoms with Gasteiger partial charge in [0, 0.05) is 10.5 Å². The topological polar surface area (TPSA) is 12.0 Å². The molecular formula is C19H24BrN. The Hall–Kier alpha value is -1.12. The first-order valence-corrected chi connectivity index (χ1v) is 8.36. The summed E-state index contributed by atoms with van der Waals surface area (Å²) in [6.45, 7) is 9.76. The van der Waals surface area contributed by atoms with Gasteiger partial charge in [-0.25, -0.2) is 0 Å². The highest BCUT2D eigenvalue weighted by Gasteiger charge is 2.14. The molecule has 1 atom stereocenters. The van der Waals surface area contributed by atoms with Crippen LogP contribution in [0.2, 0.25) is 0 Å². The van der Waals surface area contributed by atoms with Gasteiger partial charge in [0.1, 0.15) is 0 Å². The molecular weight excluding hydrogens is 322 g/mol. The van der Waals surface area contributed by atoms with Crippen LogP contribution in [0.15, 0.2) is 40.9 Å². The standard InChI is InChI=1S/C19H24BrN/c1-5-21-19(16-6-8-17(20)9-7-16)12-18-14(3)10-13(2)11-15(18)4/h6-11,19,21H,5,12H2,1-4H3. The average molecular weight is 346 g/mol. The van der Waals surface area contributed by atoms with Gasteiger partial charge in [0.05, 0.1) is 0 Å². The summed E-state index contributed by atoms with van der Waals surface area (Å²) in [4.78, 5) is 0. The monoisotopic (exact) mass is 345 g/mol. The number of benzene rings is 2. The molecule has 2 heteroatoms. The van der Waals surface area contributed by atoms with Crippen molar-refractivity contribution in [2.75, 3.05) is 6.54 Å². The lowest BCUT2D eigenvalue weighted by Crippen LogP contribution is -2.23. The number of hydrogen-bond acceptors (Lipinski definition) is 1. The summed E-state index contributed by atoms with van der Waals surface area (Å²) < 4.78 is 1.13. The Morgan fingerprint density at radius 3 is 2.10 bits per heavy atom. The first-order valence-electron chi connectivity index (χ1n) is 7.56. The van der Waals surface area contributed by atoms with E-state index in [9.17, 15) is 0 Å². The summed E-state index contributed by atoms with van der Waals surface area (Å²) in [5.41, 5.74) is 6.95. The van der Waals surface area contributed by atoms with Crippen LogP contribution in [0.1, 0.15) is 40.8 Å². The first kappa shape index (κ1) is 16.3. The van der Waals surface area contributed by atoms with Crippen molar-refractivity contribution < 1.29 is 0 Å². The fourth-order valence-electron chi connectivity index (χ4n) is 2.99. The van der Waals surface area contributed by atoms with Gasteiger partial charge in [0.25, 0.3) is 0 Å². The van der Waals surface area contributed by atoms with Crippen LogP contribution in [-0.2, 0) is 6.42 Å². The molecule has 0 spiro atoms. The lowest BCUT2D eigenvalue weighted by atomic mass is 9.91. The molecule has 0 fully saturated rings. The predicted molar refractivity (Wildman–Crippen MR) is 94.9 cm³/mol. The van der Waals surface area contributed by atoms with Gasteiger partial charge in [-0.05, 0) is 68.1 Å². The van der Waals surface area contributed by atoms with E-state index in [1.807, 2.05) is 0 Å². The summed E-state index contributed by atoms with van der Waals surface area (Å²) >= 11 is 3.51.